The first kappa shape index (κ1) is 14.9. The number of carbonyl (C=O) groups excluding carboxylic acids is 1. The Morgan fingerprint density at radius 3 is 2.31 bits per heavy atom. The summed E-state index contributed by atoms with van der Waals surface area (Å²) in [6.07, 6.45) is 5.33. The van der Waals surface area contributed by atoms with E-state index in [0.29, 0.717) is 12.8 Å². The third kappa shape index (κ3) is 5.14. The summed E-state index contributed by atoms with van der Waals surface area (Å²) >= 11 is 0. The Morgan fingerprint density at radius 1 is 1.31 bits per heavy atom. The molecule has 1 N–H and O–H groups in total. The van der Waals surface area contributed by atoms with E-state index in [4.69, 9.17) is 5.11 Å². The maximum absolute atomic E-state index is 11.1. The normalized spacial score (nSPS) is 12.5. The fourth-order valence-corrected chi connectivity index (χ4v) is 1.72. The number of aliphatic carboxylic acids is 1. The highest BCUT2D eigenvalue weighted by Crippen LogP contribution is 2.12. The highest BCUT2D eigenvalue weighted by Gasteiger charge is 2.25. The van der Waals surface area contributed by atoms with Gasteiger partial charge in [-0.1, -0.05) is 32.6 Å². The van der Waals surface area contributed by atoms with E-state index in [1.54, 1.807) is 0 Å². The highest BCUT2D eigenvalue weighted by molar-refractivity contribution is 5.76. The minimum Gasteiger partial charge on any atom is -0.480 e. The molecular weight excluding hydrogens is 206 g/mol. The molecule has 4 nitrogen and oxygen atoms in total. The van der Waals surface area contributed by atoms with Gasteiger partial charge in [-0.15, -0.1) is 0 Å². The van der Waals surface area contributed by atoms with E-state index < -0.39 is 12.0 Å². The molecule has 1 unspecified atom stereocenters. The number of rotatable bonds is 9. The van der Waals surface area contributed by atoms with E-state index in [1.165, 1.54) is 4.90 Å². The quantitative estimate of drug-likeness (QED) is 0.487. The SMILES string of the molecule is CCCCCCC(C(=O)O)N(C=O)C(C)C. The molecule has 0 aromatic heterocycles. The lowest BCUT2D eigenvalue weighted by molar-refractivity contribution is -0.147. The van der Waals surface area contributed by atoms with E-state index in [-0.39, 0.29) is 6.04 Å². The third-order valence-electron chi connectivity index (χ3n) is 2.69. The van der Waals surface area contributed by atoms with Crippen LogP contribution in [0.1, 0.15) is 52.9 Å². The summed E-state index contributed by atoms with van der Waals surface area (Å²) in [4.78, 5) is 23.3. The zero-order chi connectivity index (χ0) is 12.6. The van der Waals surface area contributed by atoms with Crippen molar-refractivity contribution in [1.29, 1.82) is 0 Å². The van der Waals surface area contributed by atoms with Crippen molar-refractivity contribution in [2.24, 2.45) is 0 Å². The van der Waals surface area contributed by atoms with Crippen LogP contribution in [0, 0.1) is 0 Å². The number of carboxylic acid groups (broad SMARTS) is 1. The molecule has 4 heteroatoms. The second kappa shape index (κ2) is 8.13. The van der Waals surface area contributed by atoms with Crippen LogP contribution in [-0.2, 0) is 9.59 Å². The van der Waals surface area contributed by atoms with Gasteiger partial charge in [0.2, 0.25) is 6.41 Å². The van der Waals surface area contributed by atoms with Crippen LogP contribution in [0.3, 0.4) is 0 Å². The molecule has 0 aromatic rings. The Kier molecular flexibility index (Phi) is 7.60. The highest BCUT2D eigenvalue weighted by atomic mass is 16.4. The summed E-state index contributed by atoms with van der Waals surface area (Å²) in [5.74, 6) is -0.905. The summed E-state index contributed by atoms with van der Waals surface area (Å²) in [7, 11) is 0. The number of amides is 1. The lowest BCUT2D eigenvalue weighted by Gasteiger charge is -2.28. The van der Waals surface area contributed by atoms with Crippen LogP contribution in [0.5, 0.6) is 0 Å². The van der Waals surface area contributed by atoms with Crippen LogP contribution >= 0.6 is 0 Å². The molecule has 0 rings (SSSR count). The molecule has 0 spiro atoms. The second-order valence-electron chi connectivity index (χ2n) is 4.35. The van der Waals surface area contributed by atoms with Crippen LogP contribution in [-0.4, -0.2) is 34.5 Å². The summed E-state index contributed by atoms with van der Waals surface area (Å²) in [6.45, 7) is 5.77. The zero-order valence-corrected chi connectivity index (χ0v) is 10.5. The minimum absolute atomic E-state index is 0.0650. The first-order chi connectivity index (χ1) is 7.54. The first-order valence-electron chi connectivity index (χ1n) is 6.00. The Bertz CT molecular complexity index is 216. The van der Waals surface area contributed by atoms with Crippen molar-refractivity contribution in [3.05, 3.63) is 0 Å². The molecule has 0 aliphatic carbocycles. The van der Waals surface area contributed by atoms with Crippen molar-refractivity contribution < 1.29 is 14.7 Å². The van der Waals surface area contributed by atoms with Crippen molar-refractivity contribution in [3.8, 4) is 0 Å². The van der Waals surface area contributed by atoms with Gasteiger partial charge in [-0.2, -0.15) is 0 Å². The largest absolute Gasteiger partial charge is 0.480 e. The summed E-state index contributed by atoms with van der Waals surface area (Å²) in [5, 5.41) is 9.08. The summed E-state index contributed by atoms with van der Waals surface area (Å²) in [5.41, 5.74) is 0. The van der Waals surface area contributed by atoms with Crippen molar-refractivity contribution in [3.63, 3.8) is 0 Å². The van der Waals surface area contributed by atoms with Gasteiger partial charge in [0.25, 0.3) is 0 Å². The lowest BCUT2D eigenvalue weighted by atomic mass is 10.1. The van der Waals surface area contributed by atoms with Gasteiger partial charge in [-0.05, 0) is 20.3 Å². The average Bonchev–Trinajstić information content (AvgIpc) is 2.21. The fourth-order valence-electron chi connectivity index (χ4n) is 1.72. The second-order valence-corrected chi connectivity index (χ2v) is 4.35. The van der Waals surface area contributed by atoms with Crippen molar-refractivity contribution in [2.75, 3.05) is 0 Å². The van der Waals surface area contributed by atoms with E-state index in [1.807, 2.05) is 13.8 Å². The average molecular weight is 229 g/mol. The molecule has 94 valence electrons. The van der Waals surface area contributed by atoms with Crippen LogP contribution < -0.4 is 0 Å². The van der Waals surface area contributed by atoms with Gasteiger partial charge >= 0.3 is 5.97 Å². The maximum atomic E-state index is 11.1. The molecule has 0 aliphatic heterocycles. The molecule has 0 fully saturated rings. The Balaban J connectivity index is 4.25. The molecule has 0 aromatic carbocycles. The number of hydrogen-bond acceptors (Lipinski definition) is 2. The van der Waals surface area contributed by atoms with E-state index in [2.05, 4.69) is 6.92 Å². The molecular formula is C12H23NO3. The summed E-state index contributed by atoms with van der Waals surface area (Å²) in [6, 6.07) is -0.737. The predicted octanol–water partition coefficient (Wildman–Crippen LogP) is 2.28. The number of carboxylic acids is 1. The van der Waals surface area contributed by atoms with E-state index in [9.17, 15) is 9.59 Å². The molecule has 0 saturated heterocycles. The lowest BCUT2D eigenvalue weighted by Crippen LogP contribution is -2.44. The first-order valence-corrected chi connectivity index (χ1v) is 6.00. The topological polar surface area (TPSA) is 57.6 Å². The van der Waals surface area contributed by atoms with Gasteiger partial charge in [0.05, 0.1) is 0 Å². The van der Waals surface area contributed by atoms with Crippen molar-refractivity contribution in [2.45, 2.75) is 65.0 Å². The Morgan fingerprint density at radius 2 is 1.94 bits per heavy atom. The number of unbranched alkanes of at least 4 members (excludes halogenated alkanes) is 3. The Hall–Kier alpha value is -1.06. The monoisotopic (exact) mass is 229 g/mol. The fraction of sp³-hybridized carbons (Fsp3) is 0.833. The molecule has 0 aliphatic rings. The van der Waals surface area contributed by atoms with Crippen LogP contribution in [0.2, 0.25) is 0 Å². The Labute approximate surface area is 97.6 Å². The van der Waals surface area contributed by atoms with Gasteiger partial charge < -0.3 is 10.0 Å². The molecule has 1 amide bonds. The smallest absolute Gasteiger partial charge is 0.326 e. The summed E-state index contributed by atoms with van der Waals surface area (Å²) < 4.78 is 0. The van der Waals surface area contributed by atoms with Gasteiger partial charge in [-0.25, -0.2) is 4.79 Å². The number of nitrogens with zero attached hydrogens (tertiary/aromatic N) is 1. The van der Waals surface area contributed by atoms with E-state index in [0.717, 1.165) is 25.7 Å². The van der Waals surface area contributed by atoms with Crippen molar-refractivity contribution in [1.82, 2.24) is 4.90 Å². The molecule has 0 heterocycles. The minimum atomic E-state index is -0.905. The molecule has 1 atom stereocenters. The van der Waals surface area contributed by atoms with Crippen LogP contribution in [0.4, 0.5) is 0 Å². The van der Waals surface area contributed by atoms with Gasteiger partial charge in [0.15, 0.2) is 0 Å². The van der Waals surface area contributed by atoms with Crippen molar-refractivity contribution >= 4 is 12.4 Å². The number of carbonyl (C=O) groups is 2. The van der Waals surface area contributed by atoms with Crippen LogP contribution in [0.25, 0.3) is 0 Å². The van der Waals surface area contributed by atoms with E-state index >= 15 is 0 Å². The standard InChI is InChI=1S/C12H23NO3/c1-4-5-6-7-8-11(12(15)16)13(9-14)10(2)3/h9-11H,4-8H2,1-3H3,(H,15,16). The zero-order valence-electron chi connectivity index (χ0n) is 10.5. The molecule has 0 bridgehead atoms. The van der Waals surface area contributed by atoms with Crippen LogP contribution in [0.15, 0.2) is 0 Å². The van der Waals surface area contributed by atoms with Gasteiger partial charge in [0.1, 0.15) is 6.04 Å². The van der Waals surface area contributed by atoms with Gasteiger partial charge in [0, 0.05) is 6.04 Å². The molecule has 16 heavy (non-hydrogen) atoms. The molecule has 0 radical (unpaired) electrons. The maximum Gasteiger partial charge on any atom is 0.326 e. The third-order valence-corrected chi connectivity index (χ3v) is 2.69. The van der Waals surface area contributed by atoms with Gasteiger partial charge in [-0.3, -0.25) is 4.79 Å². The molecule has 0 saturated carbocycles. The predicted molar refractivity (Wildman–Crippen MR) is 63.2 cm³/mol. The number of hydrogen-bond donors (Lipinski definition) is 1.